The van der Waals surface area contributed by atoms with Crippen LogP contribution in [-0.2, 0) is 0 Å². The van der Waals surface area contributed by atoms with Crippen LogP contribution >= 0.6 is 27.3 Å². The summed E-state index contributed by atoms with van der Waals surface area (Å²) in [6.45, 7) is 3.85. The first-order valence-electron chi connectivity index (χ1n) is 6.37. The lowest BCUT2D eigenvalue weighted by Crippen LogP contribution is -2.04. The summed E-state index contributed by atoms with van der Waals surface area (Å²) in [6.07, 6.45) is 0. The SMILES string of the molecule is Cc1ccc(-c2nc3ccc(Br)cc3c(C(=O)O)c2C)s1. The largest absolute Gasteiger partial charge is 0.478 e. The number of aromatic carboxylic acids is 1. The van der Waals surface area contributed by atoms with Gasteiger partial charge in [0.2, 0.25) is 0 Å². The molecule has 0 saturated heterocycles. The van der Waals surface area contributed by atoms with E-state index in [2.05, 4.69) is 20.9 Å². The molecule has 0 fully saturated rings. The van der Waals surface area contributed by atoms with Gasteiger partial charge >= 0.3 is 5.97 Å². The Morgan fingerprint density at radius 3 is 2.62 bits per heavy atom. The predicted octanol–water partition coefficient (Wildman–Crippen LogP) is 5.04. The molecule has 1 aromatic carbocycles. The molecule has 0 aliphatic carbocycles. The number of aromatic nitrogens is 1. The second kappa shape index (κ2) is 5.24. The molecule has 3 nitrogen and oxygen atoms in total. The van der Waals surface area contributed by atoms with Crippen LogP contribution in [-0.4, -0.2) is 16.1 Å². The molecule has 5 heteroatoms. The Hall–Kier alpha value is -1.72. The van der Waals surface area contributed by atoms with Crippen LogP contribution < -0.4 is 0 Å². The highest BCUT2D eigenvalue weighted by Crippen LogP contribution is 2.34. The van der Waals surface area contributed by atoms with Gasteiger partial charge < -0.3 is 5.11 Å². The summed E-state index contributed by atoms with van der Waals surface area (Å²) < 4.78 is 0.846. The zero-order valence-corrected chi connectivity index (χ0v) is 13.9. The molecule has 3 aromatic rings. The van der Waals surface area contributed by atoms with Crippen LogP contribution in [0.2, 0.25) is 0 Å². The zero-order chi connectivity index (χ0) is 15.1. The van der Waals surface area contributed by atoms with E-state index in [1.807, 2.05) is 44.2 Å². The summed E-state index contributed by atoms with van der Waals surface area (Å²) in [6, 6.07) is 9.54. The normalized spacial score (nSPS) is 11.0. The van der Waals surface area contributed by atoms with Crippen molar-refractivity contribution in [3.05, 3.63) is 50.8 Å². The average molecular weight is 362 g/mol. The topological polar surface area (TPSA) is 50.2 Å². The fourth-order valence-electron chi connectivity index (χ4n) is 2.41. The molecule has 0 aliphatic heterocycles. The maximum absolute atomic E-state index is 11.7. The molecule has 0 saturated carbocycles. The predicted molar refractivity (Wildman–Crippen MR) is 89.2 cm³/mol. The van der Waals surface area contributed by atoms with E-state index < -0.39 is 5.97 Å². The Balaban J connectivity index is 2.40. The second-order valence-corrected chi connectivity index (χ2v) is 7.04. The van der Waals surface area contributed by atoms with Crippen molar-refractivity contribution in [2.75, 3.05) is 0 Å². The van der Waals surface area contributed by atoms with Gasteiger partial charge in [-0.05, 0) is 49.7 Å². The van der Waals surface area contributed by atoms with Crippen molar-refractivity contribution in [2.24, 2.45) is 0 Å². The number of carboxylic acids is 1. The van der Waals surface area contributed by atoms with Gasteiger partial charge in [-0.15, -0.1) is 11.3 Å². The highest BCUT2D eigenvalue weighted by molar-refractivity contribution is 9.10. The van der Waals surface area contributed by atoms with Crippen molar-refractivity contribution >= 4 is 44.1 Å². The molecule has 1 N–H and O–H groups in total. The molecule has 0 unspecified atom stereocenters. The fourth-order valence-corrected chi connectivity index (χ4v) is 3.68. The van der Waals surface area contributed by atoms with Gasteiger partial charge in [0.25, 0.3) is 0 Å². The third-order valence-corrected chi connectivity index (χ3v) is 4.88. The number of benzene rings is 1. The number of hydrogen-bond acceptors (Lipinski definition) is 3. The Morgan fingerprint density at radius 2 is 2.00 bits per heavy atom. The van der Waals surface area contributed by atoms with E-state index >= 15 is 0 Å². The molecule has 3 rings (SSSR count). The molecular weight excluding hydrogens is 350 g/mol. The van der Waals surface area contributed by atoms with Crippen LogP contribution in [0.5, 0.6) is 0 Å². The van der Waals surface area contributed by atoms with Gasteiger partial charge in [0, 0.05) is 14.7 Å². The van der Waals surface area contributed by atoms with Crippen molar-refractivity contribution in [3.8, 4) is 10.6 Å². The summed E-state index contributed by atoms with van der Waals surface area (Å²) in [4.78, 5) is 18.5. The fraction of sp³-hybridized carbons (Fsp3) is 0.125. The molecule has 0 aliphatic rings. The maximum Gasteiger partial charge on any atom is 0.336 e. The lowest BCUT2D eigenvalue weighted by atomic mass is 10.0. The summed E-state index contributed by atoms with van der Waals surface area (Å²) >= 11 is 5.01. The minimum Gasteiger partial charge on any atom is -0.478 e. The van der Waals surface area contributed by atoms with Gasteiger partial charge in [-0.25, -0.2) is 9.78 Å². The van der Waals surface area contributed by atoms with E-state index in [1.54, 1.807) is 11.3 Å². The van der Waals surface area contributed by atoms with E-state index in [-0.39, 0.29) is 0 Å². The number of pyridine rings is 1. The quantitative estimate of drug-likeness (QED) is 0.695. The van der Waals surface area contributed by atoms with Gasteiger partial charge in [-0.1, -0.05) is 15.9 Å². The number of nitrogens with zero attached hydrogens (tertiary/aromatic N) is 1. The smallest absolute Gasteiger partial charge is 0.336 e. The summed E-state index contributed by atoms with van der Waals surface area (Å²) in [5.74, 6) is -0.924. The number of carbonyl (C=O) groups is 1. The van der Waals surface area contributed by atoms with Gasteiger partial charge in [-0.3, -0.25) is 0 Å². The Kier molecular flexibility index (Phi) is 3.55. The van der Waals surface area contributed by atoms with Crippen molar-refractivity contribution in [2.45, 2.75) is 13.8 Å². The number of rotatable bonds is 2. The number of carboxylic acid groups (broad SMARTS) is 1. The van der Waals surface area contributed by atoms with Crippen molar-refractivity contribution in [3.63, 3.8) is 0 Å². The molecule has 106 valence electrons. The van der Waals surface area contributed by atoms with E-state index in [9.17, 15) is 9.90 Å². The van der Waals surface area contributed by atoms with E-state index in [1.165, 1.54) is 4.88 Å². The monoisotopic (exact) mass is 361 g/mol. The Bertz CT molecular complexity index is 870. The van der Waals surface area contributed by atoms with Gasteiger partial charge in [0.1, 0.15) is 0 Å². The molecule has 0 radical (unpaired) electrons. The highest BCUT2D eigenvalue weighted by Gasteiger charge is 2.19. The van der Waals surface area contributed by atoms with Crippen LogP contribution in [0.1, 0.15) is 20.8 Å². The van der Waals surface area contributed by atoms with Gasteiger partial charge in [0.15, 0.2) is 0 Å². The number of thiophene rings is 1. The van der Waals surface area contributed by atoms with Crippen molar-refractivity contribution in [1.29, 1.82) is 0 Å². The molecule has 0 amide bonds. The zero-order valence-electron chi connectivity index (χ0n) is 11.5. The Labute approximate surface area is 134 Å². The molecule has 2 aromatic heterocycles. The molecule has 21 heavy (non-hydrogen) atoms. The van der Waals surface area contributed by atoms with Crippen LogP contribution in [0.3, 0.4) is 0 Å². The lowest BCUT2D eigenvalue weighted by molar-refractivity contribution is 0.0698. The van der Waals surface area contributed by atoms with E-state index in [0.717, 1.165) is 15.0 Å². The Morgan fingerprint density at radius 1 is 1.24 bits per heavy atom. The molecular formula is C16H12BrNO2S. The van der Waals surface area contributed by atoms with E-state index in [0.29, 0.717) is 22.0 Å². The third kappa shape index (κ3) is 2.47. The molecule has 0 bridgehead atoms. The van der Waals surface area contributed by atoms with Gasteiger partial charge in [0.05, 0.1) is 21.7 Å². The number of hydrogen-bond donors (Lipinski definition) is 1. The second-order valence-electron chi connectivity index (χ2n) is 4.84. The highest BCUT2D eigenvalue weighted by atomic mass is 79.9. The van der Waals surface area contributed by atoms with Crippen LogP contribution in [0.15, 0.2) is 34.8 Å². The summed E-state index contributed by atoms with van der Waals surface area (Å²) in [5.41, 5.74) is 2.47. The van der Waals surface area contributed by atoms with Gasteiger partial charge in [-0.2, -0.15) is 0 Å². The lowest BCUT2D eigenvalue weighted by Gasteiger charge is -2.11. The number of fused-ring (bicyclic) bond motifs is 1. The van der Waals surface area contributed by atoms with Crippen LogP contribution in [0, 0.1) is 13.8 Å². The minimum atomic E-state index is -0.924. The molecule has 0 atom stereocenters. The summed E-state index contributed by atoms with van der Waals surface area (Å²) in [7, 11) is 0. The average Bonchev–Trinajstić information content (AvgIpc) is 2.84. The standard InChI is InChI=1S/C16H12BrNO2S/c1-8-3-6-13(21-8)15-9(2)14(16(19)20)11-7-10(17)4-5-12(11)18-15/h3-7H,1-2H3,(H,19,20). The first-order valence-corrected chi connectivity index (χ1v) is 7.98. The summed E-state index contributed by atoms with van der Waals surface area (Å²) in [5, 5.41) is 10.3. The number of aryl methyl sites for hydroxylation is 1. The van der Waals surface area contributed by atoms with Crippen molar-refractivity contribution in [1.82, 2.24) is 4.98 Å². The maximum atomic E-state index is 11.7. The van der Waals surface area contributed by atoms with E-state index in [4.69, 9.17) is 0 Å². The number of halogens is 1. The van der Waals surface area contributed by atoms with Crippen LogP contribution in [0.25, 0.3) is 21.5 Å². The first-order chi connectivity index (χ1) is 9.97. The van der Waals surface area contributed by atoms with Crippen molar-refractivity contribution < 1.29 is 9.90 Å². The van der Waals surface area contributed by atoms with Crippen LogP contribution in [0.4, 0.5) is 0 Å². The first kappa shape index (κ1) is 14.2. The minimum absolute atomic E-state index is 0.322. The third-order valence-electron chi connectivity index (χ3n) is 3.38. The molecule has 0 spiro atoms. The molecule has 2 heterocycles.